The number of hydrogen-bond acceptors (Lipinski definition) is 4. The Morgan fingerprint density at radius 2 is 1.57 bits per heavy atom. The van der Waals surface area contributed by atoms with Crippen molar-refractivity contribution in [2.75, 3.05) is 0 Å². The van der Waals surface area contributed by atoms with E-state index >= 15 is 0 Å². The van der Waals surface area contributed by atoms with E-state index in [9.17, 15) is 4.79 Å². The van der Waals surface area contributed by atoms with E-state index < -0.39 is 0 Å². The molecule has 3 heterocycles. The quantitative estimate of drug-likeness (QED) is 0.786. The van der Waals surface area contributed by atoms with Crippen LogP contribution in [0.2, 0.25) is 0 Å². The molecule has 0 aliphatic rings. The minimum Gasteiger partial charge on any atom is -0.342 e. The van der Waals surface area contributed by atoms with Gasteiger partial charge < -0.3 is 5.32 Å². The van der Waals surface area contributed by atoms with Crippen LogP contribution in [0.5, 0.6) is 0 Å². The van der Waals surface area contributed by atoms with Crippen molar-refractivity contribution in [2.45, 2.75) is 12.5 Å². The predicted octanol–water partition coefficient (Wildman–Crippen LogP) is 2.59. The van der Waals surface area contributed by atoms with Crippen LogP contribution in [0.3, 0.4) is 0 Å². The van der Waals surface area contributed by atoms with Crippen LogP contribution in [-0.4, -0.2) is 20.9 Å². The van der Waals surface area contributed by atoms with E-state index in [4.69, 9.17) is 0 Å². The average molecular weight is 304 g/mol. The van der Waals surface area contributed by atoms with Crippen LogP contribution < -0.4 is 5.32 Å². The molecule has 5 heteroatoms. The van der Waals surface area contributed by atoms with Crippen LogP contribution in [0, 0.1) is 0 Å². The summed E-state index contributed by atoms with van der Waals surface area (Å²) in [5, 5.41) is 2.99. The Balaban J connectivity index is 1.82. The molecule has 0 aliphatic heterocycles. The molecular weight excluding hydrogens is 288 g/mol. The van der Waals surface area contributed by atoms with Crippen LogP contribution in [0.4, 0.5) is 0 Å². The molecule has 0 aromatic carbocycles. The van der Waals surface area contributed by atoms with Gasteiger partial charge in [0.15, 0.2) is 0 Å². The van der Waals surface area contributed by atoms with Gasteiger partial charge in [-0.05, 0) is 36.4 Å². The van der Waals surface area contributed by atoms with E-state index in [2.05, 4.69) is 20.3 Å². The van der Waals surface area contributed by atoms with Crippen molar-refractivity contribution < 1.29 is 4.79 Å². The standard InChI is InChI=1S/C18H16N4O/c23-18(16-9-3-6-12-21-16)22-17(15-8-2-5-11-20-15)13-14-7-1-4-10-19-14/h1-12,17H,13H2,(H,22,23). The predicted molar refractivity (Wildman–Crippen MR) is 86.6 cm³/mol. The normalized spacial score (nSPS) is 11.7. The van der Waals surface area contributed by atoms with Crippen LogP contribution >= 0.6 is 0 Å². The summed E-state index contributed by atoms with van der Waals surface area (Å²) in [6, 6.07) is 16.4. The highest BCUT2D eigenvalue weighted by atomic mass is 16.1. The van der Waals surface area contributed by atoms with Crippen molar-refractivity contribution in [1.29, 1.82) is 0 Å². The molecule has 1 atom stereocenters. The molecule has 0 saturated heterocycles. The molecule has 114 valence electrons. The molecule has 3 aromatic heterocycles. The molecule has 23 heavy (non-hydrogen) atoms. The van der Waals surface area contributed by atoms with E-state index in [1.165, 1.54) is 0 Å². The molecule has 0 aliphatic carbocycles. The second-order valence-electron chi connectivity index (χ2n) is 5.02. The summed E-state index contributed by atoms with van der Waals surface area (Å²) < 4.78 is 0. The van der Waals surface area contributed by atoms with Crippen molar-refractivity contribution in [3.63, 3.8) is 0 Å². The zero-order valence-corrected chi connectivity index (χ0v) is 12.5. The van der Waals surface area contributed by atoms with Crippen molar-refractivity contribution in [3.05, 3.63) is 90.3 Å². The maximum absolute atomic E-state index is 12.4. The molecule has 1 unspecified atom stereocenters. The number of carbonyl (C=O) groups excluding carboxylic acids is 1. The van der Waals surface area contributed by atoms with Gasteiger partial charge in [0, 0.05) is 30.7 Å². The van der Waals surface area contributed by atoms with Gasteiger partial charge in [-0.2, -0.15) is 0 Å². The second-order valence-corrected chi connectivity index (χ2v) is 5.02. The van der Waals surface area contributed by atoms with Gasteiger partial charge in [-0.3, -0.25) is 19.7 Å². The van der Waals surface area contributed by atoms with Gasteiger partial charge in [0.05, 0.1) is 11.7 Å². The fourth-order valence-corrected chi connectivity index (χ4v) is 2.27. The summed E-state index contributed by atoms with van der Waals surface area (Å²) in [5.41, 5.74) is 2.07. The first-order valence-electron chi connectivity index (χ1n) is 7.35. The third-order valence-electron chi connectivity index (χ3n) is 3.39. The van der Waals surface area contributed by atoms with Gasteiger partial charge in [-0.15, -0.1) is 0 Å². The second kappa shape index (κ2) is 7.26. The van der Waals surface area contributed by atoms with E-state index in [1.54, 1.807) is 36.8 Å². The number of amides is 1. The van der Waals surface area contributed by atoms with Crippen LogP contribution in [-0.2, 0) is 6.42 Å². The van der Waals surface area contributed by atoms with Crippen molar-refractivity contribution in [3.8, 4) is 0 Å². The Morgan fingerprint density at radius 3 is 2.17 bits per heavy atom. The molecule has 0 fully saturated rings. The van der Waals surface area contributed by atoms with Gasteiger partial charge in [-0.25, -0.2) is 0 Å². The molecule has 3 aromatic rings. The largest absolute Gasteiger partial charge is 0.342 e. The van der Waals surface area contributed by atoms with Crippen molar-refractivity contribution >= 4 is 5.91 Å². The van der Waals surface area contributed by atoms with Gasteiger partial charge in [0.2, 0.25) is 0 Å². The van der Waals surface area contributed by atoms with Crippen LogP contribution in [0.15, 0.2) is 73.2 Å². The van der Waals surface area contributed by atoms with E-state index in [1.807, 2.05) is 36.4 Å². The van der Waals surface area contributed by atoms with Crippen molar-refractivity contribution in [1.82, 2.24) is 20.3 Å². The highest BCUT2D eigenvalue weighted by Gasteiger charge is 2.18. The molecule has 0 spiro atoms. The molecule has 5 nitrogen and oxygen atoms in total. The highest BCUT2D eigenvalue weighted by Crippen LogP contribution is 2.15. The molecule has 1 N–H and O–H groups in total. The summed E-state index contributed by atoms with van der Waals surface area (Å²) in [5.74, 6) is -0.225. The number of nitrogens with one attached hydrogen (secondary N) is 1. The summed E-state index contributed by atoms with van der Waals surface area (Å²) in [6.07, 6.45) is 5.62. The third-order valence-corrected chi connectivity index (χ3v) is 3.39. The SMILES string of the molecule is O=C(NC(Cc1ccccn1)c1ccccn1)c1ccccn1. The topological polar surface area (TPSA) is 67.8 Å². The maximum Gasteiger partial charge on any atom is 0.270 e. The Morgan fingerprint density at radius 1 is 0.870 bits per heavy atom. The minimum absolute atomic E-state index is 0.225. The van der Waals surface area contributed by atoms with Gasteiger partial charge in [-0.1, -0.05) is 18.2 Å². The minimum atomic E-state index is -0.263. The van der Waals surface area contributed by atoms with Crippen LogP contribution in [0.1, 0.15) is 27.9 Å². The first-order chi connectivity index (χ1) is 11.3. The summed E-state index contributed by atoms with van der Waals surface area (Å²) >= 11 is 0. The van der Waals surface area contributed by atoms with Gasteiger partial charge >= 0.3 is 0 Å². The number of hydrogen-bond donors (Lipinski definition) is 1. The van der Waals surface area contributed by atoms with E-state index in [-0.39, 0.29) is 11.9 Å². The fraction of sp³-hybridized carbons (Fsp3) is 0.111. The van der Waals surface area contributed by atoms with E-state index in [0.29, 0.717) is 12.1 Å². The lowest BCUT2D eigenvalue weighted by atomic mass is 10.1. The maximum atomic E-state index is 12.4. The lowest BCUT2D eigenvalue weighted by Gasteiger charge is -2.17. The van der Waals surface area contributed by atoms with Gasteiger partial charge in [0.1, 0.15) is 5.69 Å². The summed E-state index contributed by atoms with van der Waals surface area (Å²) in [4.78, 5) is 25.2. The van der Waals surface area contributed by atoms with E-state index in [0.717, 1.165) is 11.4 Å². The lowest BCUT2D eigenvalue weighted by Crippen LogP contribution is -2.31. The Labute approximate surface area is 134 Å². The summed E-state index contributed by atoms with van der Waals surface area (Å²) in [6.45, 7) is 0. The molecule has 0 saturated carbocycles. The Bertz CT molecular complexity index is 748. The number of carbonyl (C=O) groups is 1. The Hall–Kier alpha value is -3.08. The molecule has 0 radical (unpaired) electrons. The summed E-state index contributed by atoms with van der Waals surface area (Å²) in [7, 11) is 0. The molecule has 3 rings (SSSR count). The molecular formula is C18H16N4O. The zero-order chi connectivity index (χ0) is 15.9. The Kier molecular flexibility index (Phi) is 4.69. The first kappa shape index (κ1) is 14.8. The third kappa shape index (κ3) is 3.97. The van der Waals surface area contributed by atoms with Gasteiger partial charge in [0.25, 0.3) is 5.91 Å². The van der Waals surface area contributed by atoms with Crippen molar-refractivity contribution in [2.24, 2.45) is 0 Å². The van der Waals surface area contributed by atoms with Crippen LogP contribution in [0.25, 0.3) is 0 Å². The monoisotopic (exact) mass is 304 g/mol. The number of rotatable bonds is 5. The molecule has 1 amide bonds. The number of nitrogens with zero attached hydrogens (tertiary/aromatic N) is 3. The fourth-order valence-electron chi connectivity index (χ4n) is 2.27. The number of pyridine rings is 3. The first-order valence-corrected chi connectivity index (χ1v) is 7.35. The highest BCUT2D eigenvalue weighted by molar-refractivity contribution is 5.92. The average Bonchev–Trinajstić information content (AvgIpc) is 2.63. The number of aromatic nitrogens is 3. The zero-order valence-electron chi connectivity index (χ0n) is 12.5. The lowest BCUT2D eigenvalue weighted by molar-refractivity contribution is 0.0930. The molecule has 0 bridgehead atoms. The smallest absolute Gasteiger partial charge is 0.270 e.